The van der Waals surface area contributed by atoms with Crippen LogP contribution in [0.3, 0.4) is 0 Å². The van der Waals surface area contributed by atoms with Crippen molar-refractivity contribution in [3.8, 4) is 5.75 Å². The van der Waals surface area contributed by atoms with E-state index in [1.54, 1.807) is 50.5 Å². The van der Waals surface area contributed by atoms with Crippen molar-refractivity contribution in [3.63, 3.8) is 0 Å². The zero-order chi connectivity index (χ0) is 20.0. The van der Waals surface area contributed by atoms with E-state index in [-0.39, 0.29) is 30.4 Å². The van der Waals surface area contributed by atoms with Gasteiger partial charge in [0.2, 0.25) is 5.91 Å². The van der Waals surface area contributed by atoms with E-state index < -0.39 is 0 Å². The van der Waals surface area contributed by atoms with Gasteiger partial charge in [0.05, 0.1) is 12.7 Å². The number of rotatable bonds is 7. The van der Waals surface area contributed by atoms with E-state index in [0.717, 1.165) is 5.56 Å². The Balaban J connectivity index is 1.94. The number of hydrogen-bond acceptors (Lipinski definition) is 4. The summed E-state index contributed by atoms with van der Waals surface area (Å²) in [4.78, 5) is 37.9. The third-order valence-electron chi connectivity index (χ3n) is 4.06. The Morgan fingerprint density at radius 1 is 1.00 bits per heavy atom. The standard InChI is InChI=1S/C21H24N2O4/c1-14-5-11-19(27-4)17(13-14)18(24)10-12-20(25)22-16-8-6-15(7-9-16)21(26)23(2)3/h5-9,11,13H,10,12H2,1-4H3,(H,22,25). The van der Waals surface area contributed by atoms with Crippen molar-refractivity contribution in [1.29, 1.82) is 0 Å². The monoisotopic (exact) mass is 368 g/mol. The number of ether oxygens (including phenoxy) is 1. The van der Waals surface area contributed by atoms with Gasteiger partial charge in [-0.1, -0.05) is 11.6 Å². The van der Waals surface area contributed by atoms with Crippen molar-refractivity contribution in [2.75, 3.05) is 26.5 Å². The van der Waals surface area contributed by atoms with Crippen molar-refractivity contribution in [1.82, 2.24) is 4.90 Å². The molecule has 0 aliphatic heterocycles. The molecular formula is C21H24N2O4. The fraction of sp³-hybridized carbons (Fsp3) is 0.286. The number of carbonyl (C=O) groups is 3. The molecule has 0 aliphatic rings. The Bertz CT molecular complexity index is 842. The third kappa shape index (κ3) is 5.41. The molecule has 6 heteroatoms. The van der Waals surface area contributed by atoms with Crippen LogP contribution in [-0.4, -0.2) is 43.7 Å². The molecule has 0 atom stereocenters. The van der Waals surface area contributed by atoms with Crippen molar-refractivity contribution >= 4 is 23.3 Å². The normalized spacial score (nSPS) is 10.2. The number of methoxy groups -OCH3 is 1. The second-order valence-electron chi connectivity index (χ2n) is 6.45. The molecule has 2 aromatic rings. The number of Topliss-reactive ketones (excluding diaryl/α,β-unsaturated/α-hetero) is 1. The summed E-state index contributed by atoms with van der Waals surface area (Å²) in [5.41, 5.74) is 2.56. The Morgan fingerprint density at radius 2 is 1.67 bits per heavy atom. The maximum absolute atomic E-state index is 12.4. The van der Waals surface area contributed by atoms with Crippen LogP contribution in [0.2, 0.25) is 0 Å². The van der Waals surface area contributed by atoms with Crippen LogP contribution in [0.1, 0.15) is 39.1 Å². The van der Waals surface area contributed by atoms with E-state index in [1.807, 2.05) is 13.0 Å². The summed E-state index contributed by atoms with van der Waals surface area (Å²) in [6.07, 6.45) is 0.150. The van der Waals surface area contributed by atoms with Crippen LogP contribution >= 0.6 is 0 Å². The summed E-state index contributed by atoms with van der Waals surface area (Å²) in [5, 5.41) is 2.74. The van der Waals surface area contributed by atoms with E-state index in [1.165, 1.54) is 12.0 Å². The Labute approximate surface area is 159 Å². The summed E-state index contributed by atoms with van der Waals surface area (Å²) in [6, 6.07) is 12.0. The van der Waals surface area contributed by atoms with Gasteiger partial charge in [-0.3, -0.25) is 14.4 Å². The average molecular weight is 368 g/mol. The number of benzene rings is 2. The predicted molar refractivity (Wildman–Crippen MR) is 104 cm³/mol. The summed E-state index contributed by atoms with van der Waals surface area (Å²) in [7, 11) is 4.87. The molecule has 0 saturated heterocycles. The molecule has 2 aromatic carbocycles. The number of amides is 2. The van der Waals surface area contributed by atoms with E-state index in [9.17, 15) is 14.4 Å². The van der Waals surface area contributed by atoms with Crippen LogP contribution in [0.25, 0.3) is 0 Å². The lowest BCUT2D eigenvalue weighted by atomic mass is 10.0. The summed E-state index contributed by atoms with van der Waals surface area (Å²) < 4.78 is 5.22. The van der Waals surface area contributed by atoms with Gasteiger partial charge >= 0.3 is 0 Å². The molecule has 0 spiro atoms. The highest BCUT2D eigenvalue weighted by Crippen LogP contribution is 2.22. The lowest BCUT2D eigenvalue weighted by Crippen LogP contribution is -2.21. The average Bonchev–Trinajstić information content (AvgIpc) is 2.66. The third-order valence-corrected chi connectivity index (χ3v) is 4.06. The minimum absolute atomic E-state index is 0.0638. The van der Waals surface area contributed by atoms with Crippen LogP contribution in [0.15, 0.2) is 42.5 Å². The second kappa shape index (κ2) is 8.98. The molecule has 0 heterocycles. The molecular weight excluding hydrogens is 344 g/mol. The number of anilines is 1. The van der Waals surface area contributed by atoms with Gasteiger partial charge in [0.15, 0.2) is 5.78 Å². The van der Waals surface area contributed by atoms with E-state index in [2.05, 4.69) is 5.32 Å². The van der Waals surface area contributed by atoms with E-state index in [0.29, 0.717) is 22.6 Å². The molecule has 6 nitrogen and oxygen atoms in total. The first-order valence-electron chi connectivity index (χ1n) is 8.61. The van der Waals surface area contributed by atoms with Gasteiger partial charge in [-0.15, -0.1) is 0 Å². The fourth-order valence-corrected chi connectivity index (χ4v) is 2.58. The molecule has 1 N–H and O–H groups in total. The first-order chi connectivity index (χ1) is 12.8. The Morgan fingerprint density at radius 3 is 2.26 bits per heavy atom. The lowest BCUT2D eigenvalue weighted by molar-refractivity contribution is -0.116. The minimum Gasteiger partial charge on any atom is -0.496 e. The van der Waals surface area contributed by atoms with Crippen LogP contribution in [0, 0.1) is 6.92 Å². The first-order valence-corrected chi connectivity index (χ1v) is 8.61. The van der Waals surface area contributed by atoms with E-state index in [4.69, 9.17) is 4.74 Å². The topological polar surface area (TPSA) is 75.7 Å². The van der Waals surface area contributed by atoms with Gasteiger partial charge in [0.1, 0.15) is 5.75 Å². The van der Waals surface area contributed by atoms with Gasteiger partial charge in [0.25, 0.3) is 5.91 Å². The largest absolute Gasteiger partial charge is 0.496 e. The zero-order valence-electron chi connectivity index (χ0n) is 16.0. The molecule has 0 fully saturated rings. The molecule has 0 unspecified atom stereocenters. The van der Waals surface area contributed by atoms with Crippen LogP contribution < -0.4 is 10.1 Å². The quantitative estimate of drug-likeness (QED) is 0.761. The molecule has 2 rings (SSSR count). The summed E-state index contributed by atoms with van der Waals surface area (Å²) in [5.74, 6) is -0.00276. The number of nitrogens with one attached hydrogen (secondary N) is 1. The molecule has 27 heavy (non-hydrogen) atoms. The van der Waals surface area contributed by atoms with Gasteiger partial charge in [-0.2, -0.15) is 0 Å². The van der Waals surface area contributed by atoms with Gasteiger partial charge < -0.3 is 15.0 Å². The fourth-order valence-electron chi connectivity index (χ4n) is 2.58. The Hall–Kier alpha value is -3.15. The highest BCUT2D eigenvalue weighted by atomic mass is 16.5. The summed E-state index contributed by atoms with van der Waals surface area (Å²) in [6.45, 7) is 1.90. The molecule has 0 aliphatic carbocycles. The van der Waals surface area contributed by atoms with E-state index >= 15 is 0 Å². The minimum atomic E-state index is -0.262. The van der Waals surface area contributed by atoms with Crippen molar-refractivity contribution in [2.45, 2.75) is 19.8 Å². The second-order valence-corrected chi connectivity index (χ2v) is 6.45. The molecule has 0 bridgehead atoms. The van der Waals surface area contributed by atoms with Crippen molar-refractivity contribution < 1.29 is 19.1 Å². The molecule has 0 radical (unpaired) electrons. The summed E-state index contributed by atoms with van der Waals surface area (Å²) >= 11 is 0. The number of nitrogens with zero attached hydrogens (tertiary/aromatic N) is 1. The number of hydrogen-bond donors (Lipinski definition) is 1. The molecule has 0 saturated carbocycles. The van der Waals surface area contributed by atoms with Crippen LogP contribution in [0.5, 0.6) is 5.75 Å². The van der Waals surface area contributed by atoms with Crippen molar-refractivity contribution in [3.05, 3.63) is 59.2 Å². The Kier molecular flexibility index (Phi) is 6.71. The first kappa shape index (κ1) is 20.2. The molecule has 0 aromatic heterocycles. The SMILES string of the molecule is COc1ccc(C)cc1C(=O)CCC(=O)Nc1ccc(C(=O)N(C)C)cc1. The van der Waals surface area contributed by atoms with Crippen LogP contribution in [0.4, 0.5) is 5.69 Å². The zero-order valence-corrected chi connectivity index (χ0v) is 16.0. The number of carbonyl (C=O) groups excluding carboxylic acids is 3. The van der Waals surface area contributed by atoms with Gasteiger partial charge in [-0.25, -0.2) is 0 Å². The highest BCUT2D eigenvalue weighted by Gasteiger charge is 2.15. The van der Waals surface area contributed by atoms with Gasteiger partial charge in [-0.05, 0) is 43.3 Å². The highest BCUT2D eigenvalue weighted by molar-refractivity contribution is 6.02. The molecule has 2 amide bonds. The lowest BCUT2D eigenvalue weighted by Gasteiger charge is -2.11. The van der Waals surface area contributed by atoms with Gasteiger partial charge in [0, 0.05) is 38.2 Å². The predicted octanol–water partition coefficient (Wildman–Crippen LogP) is 3.31. The van der Waals surface area contributed by atoms with Crippen molar-refractivity contribution in [2.24, 2.45) is 0 Å². The van der Waals surface area contributed by atoms with Crippen LogP contribution in [-0.2, 0) is 4.79 Å². The number of aryl methyl sites for hydroxylation is 1. The number of ketones is 1. The maximum Gasteiger partial charge on any atom is 0.253 e. The smallest absolute Gasteiger partial charge is 0.253 e. The maximum atomic E-state index is 12.4. The molecule has 142 valence electrons.